The summed E-state index contributed by atoms with van der Waals surface area (Å²) in [7, 11) is 0. The fourth-order valence-electron chi connectivity index (χ4n) is 2.95. The van der Waals surface area contributed by atoms with Crippen molar-refractivity contribution < 1.29 is 9.18 Å². The molecule has 0 radical (unpaired) electrons. The number of aromatic nitrogens is 2. The summed E-state index contributed by atoms with van der Waals surface area (Å²) in [6.07, 6.45) is 7.00. The summed E-state index contributed by atoms with van der Waals surface area (Å²) in [5.41, 5.74) is 7.17. The van der Waals surface area contributed by atoms with E-state index < -0.39 is 0 Å². The number of benzene rings is 1. The van der Waals surface area contributed by atoms with Crippen LogP contribution in [0.1, 0.15) is 37.7 Å². The Balaban J connectivity index is 1.53. The Hall–Kier alpha value is -2.90. The van der Waals surface area contributed by atoms with Crippen LogP contribution in [0.15, 0.2) is 30.5 Å². The highest BCUT2D eigenvalue weighted by molar-refractivity contribution is 5.91. The van der Waals surface area contributed by atoms with Gasteiger partial charge in [0, 0.05) is 12.6 Å². The lowest BCUT2D eigenvalue weighted by molar-refractivity contribution is 0.244. The zero-order valence-electron chi connectivity index (χ0n) is 14.5. The minimum atomic E-state index is -0.292. The molecule has 3 rings (SSSR count). The maximum absolute atomic E-state index is 12.9. The van der Waals surface area contributed by atoms with Crippen LogP contribution in [-0.2, 0) is 6.54 Å². The van der Waals surface area contributed by atoms with Crippen LogP contribution in [-0.4, -0.2) is 22.0 Å². The summed E-state index contributed by atoms with van der Waals surface area (Å²) in [6, 6.07) is 6.06. The number of nitrogens with zero attached hydrogens (tertiary/aromatic N) is 2. The molecule has 0 atom stereocenters. The van der Waals surface area contributed by atoms with E-state index in [9.17, 15) is 9.18 Å². The average Bonchev–Trinajstić information content (AvgIpc) is 2.64. The molecule has 1 heterocycles. The Morgan fingerprint density at radius 2 is 1.92 bits per heavy atom. The predicted octanol–water partition coefficient (Wildman–Crippen LogP) is 3.26. The third-order valence-corrected chi connectivity index (χ3v) is 4.37. The molecule has 1 saturated carbocycles. The van der Waals surface area contributed by atoms with Gasteiger partial charge in [0.25, 0.3) is 0 Å². The van der Waals surface area contributed by atoms with Gasteiger partial charge in [-0.05, 0) is 30.5 Å². The number of carbonyl (C=O) groups is 1. The van der Waals surface area contributed by atoms with Crippen molar-refractivity contribution in [3.8, 4) is 0 Å². The third-order valence-electron chi connectivity index (χ3n) is 4.37. The number of urea groups is 1. The van der Waals surface area contributed by atoms with E-state index in [-0.39, 0.29) is 23.7 Å². The molecule has 8 heteroatoms. The standard InChI is InChI=1S/C18H23FN6O/c19-13-8-6-12(7-9-13)10-21-17-22-11-15(16(20)25-17)24-18(26)23-14-4-2-1-3-5-14/h6-9,11,14H,1-5,10H2,(H2,23,24,26)(H3,20,21,22,25). The fraction of sp³-hybridized carbons (Fsp3) is 0.389. The van der Waals surface area contributed by atoms with E-state index >= 15 is 0 Å². The lowest BCUT2D eigenvalue weighted by Crippen LogP contribution is -2.39. The van der Waals surface area contributed by atoms with Crippen molar-refractivity contribution in [3.63, 3.8) is 0 Å². The number of hydrogen-bond donors (Lipinski definition) is 4. The van der Waals surface area contributed by atoms with E-state index in [4.69, 9.17) is 5.73 Å². The van der Waals surface area contributed by atoms with Crippen LogP contribution in [0.2, 0.25) is 0 Å². The van der Waals surface area contributed by atoms with Crippen molar-refractivity contribution in [2.24, 2.45) is 0 Å². The Labute approximate surface area is 151 Å². The van der Waals surface area contributed by atoms with Gasteiger partial charge in [-0.15, -0.1) is 0 Å². The van der Waals surface area contributed by atoms with Crippen LogP contribution in [0.5, 0.6) is 0 Å². The van der Waals surface area contributed by atoms with Crippen molar-refractivity contribution in [2.75, 3.05) is 16.4 Å². The van der Waals surface area contributed by atoms with Crippen molar-refractivity contribution >= 4 is 23.5 Å². The lowest BCUT2D eigenvalue weighted by atomic mass is 9.96. The largest absolute Gasteiger partial charge is 0.382 e. The van der Waals surface area contributed by atoms with Gasteiger partial charge in [-0.25, -0.2) is 14.2 Å². The second-order valence-corrected chi connectivity index (χ2v) is 6.41. The molecule has 0 bridgehead atoms. The average molecular weight is 358 g/mol. The van der Waals surface area contributed by atoms with E-state index in [0.717, 1.165) is 31.2 Å². The molecule has 138 valence electrons. The minimum absolute atomic E-state index is 0.181. The normalized spacial score (nSPS) is 14.7. The summed E-state index contributed by atoms with van der Waals surface area (Å²) in [6.45, 7) is 0.439. The predicted molar refractivity (Wildman–Crippen MR) is 99.2 cm³/mol. The van der Waals surface area contributed by atoms with E-state index in [1.54, 1.807) is 12.1 Å². The van der Waals surface area contributed by atoms with Gasteiger partial charge in [-0.2, -0.15) is 4.98 Å². The van der Waals surface area contributed by atoms with Gasteiger partial charge >= 0.3 is 6.03 Å². The first-order valence-electron chi connectivity index (χ1n) is 8.78. The number of rotatable bonds is 5. The molecular weight excluding hydrogens is 335 g/mol. The Kier molecular flexibility index (Phi) is 5.83. The highest BCUT2D eigenvalue weighted by atomic mass is 19.1. The second kappa shape index (κ2) is 8.46. The zero-order chi connectivity index (χ0) is 18.4. The molecule has 7 nitrogen and oxygen atoms in total. The molecular formula is C18H23FN6O. The fourth-order valence-corrected chi connectivity index (χ4v) is 2.95. The van der Waals surface area contributed by atoms with Gasteiger partial charge in [0.1, 0.15) is 11.5 Å². The molecule has 1 fully saturated rings. The Morgan fingerprint density at radius 3 is 2.62 bits per heavy atom. The second-order valence-electron chi connectivity index (χ2n) is 6.41. The SMILES string of the molecule is Nc1nc(NCc2ccc(F)cc2)ncc1NC(=O)NC1CCCCC1. The molecule has 1 aliphatic carbocycles. The van der Waals surface area contributed by atoms with Gasteiger partial charge in [0.15, 0.2) is 5.82 Å². The molecule has 0 spiro atoms. The van der Waals surface area contributed by atoms with Crippen molar-refractivity contribution in [1.82, 2.24) is 15.3 Å². The summed E-state index contributed by atoms with van der Waals surface area (Å²) in [5.74, 6) is 0.238. The van der Waals surface area contributed by atoms with Crippen LogP contribution in [0.25, 0.3) is 0 Å². The molecule has 0 saturated heterocycles. The molecule has 1 aromatic heterocycles. The first kappa shape index (κ1) is 17.9. The van der Waals surface area contributed by atoms with E-state index in [0.29, 0.717) is 18.2 Å². The van der Waals surface area contributed by atoms with Crippen LogP contribution >= 0.6 is 0 Å². The monoisotopic (exact) mass is 358 g/mol. The van der Waals surface area contributed by atoms with E-state index in [2.05, 4.69) is 25.9 Å². The van der Waals surface area contributed by atoms with Crippen LogP contribution in [0, 0.1) is 5.82 Å². The number of anilines is 3. The summed E-state index contributed by atoms with van der Waals surface area (Å²) in [5, 5.41) is 8.66. The number of nitrogens with one attached hydrogen (secondary N) is 3. The number of carbonyl (C=O) groups excluding carboxylic acids is 1. The van der Waals surface area contributed by atoms with Gasteiger partial charge in [-0.3, -0.25) is 0 Å². The first-order valence-corrected chi connectivity index (χ1v) is 8.78. The van der Waals surface area contributed by atoms with E-state index in [1.807, 2.05) is 0 Å². The van der Waals surface area contributed by atoms with Crippen molar-refractivity contribution in [3.05, 3.63) is 41.8 Å². The quantitative estimate of drug-likeness (QED) is 0.657. The van der Waals surface area contributed by atoms with Gasteiger partial charge < -0.3 is 21.7 Å². The molecule has 0 unspecified atom stereocenters. The Morgan fingerprint density at radius 1 is 1.19 bits per heavy atom. The molecule has 0 aliphatic heterocycles. The van der Waals surface area contributed by atoms with Gasteiger partial charge in [0.2, 0.25) is 5.95 Å². The minimum Gasteiger partial charge on any atom is -0.382 e. The van der Waals surface area contributed by atoms with Crippen molar-refractivity contribution in [2.45, 2.75) is 44.7 Å². The molecule has 5 N–H and O–H groups in total. The number of nitrogen functional groups attached to an aromatic ring is 1. The molecule has 2 aromatic rings. The topological polar surface area (TPSA) is 105 Å². The summed E-state index contributed by atoms with van der Waals surface area (Å²) >= 11 is 0. The van der Waals surface area contributed by atoms with Gasteiger partial charge in [-0.1, -0.05) is 31.4 Å². The summed E-state index contributed by atoms with van der Waals surface area (Å²) in [4.78, 5) is 20.4. The number of halogens is 1. The van der Waals surface area contributed by atoms with Gasteiger partial charge in [0.05, 0.1) is 6.20 Å². The number of nitrogens with two attached hydrogens (primary N) is 1. The lowest BCUT2D eigenvalue weighted by Gasteiger charge is -2.22. The first-order chi connectivity index (χ1) is 12.6. The highest BCUT2D eigenvalue weighted by Crippen LogP contribution is 2.19. The summed E-state index contributed by atoms with van der Waals surface area (Å²) < 4.78 is 12.9. The molecule has 1 aliphatic rings. The zero-order valence-corrected chi connectivity index (χ0v) is 14.5. The molecule has 2 amide bonds. The maximum atomic E-state index is 12.9. The Bertz CT molecular complexity index is 746. The smallest absolute Gasteiger partial charge is 0.319 e. The highest BCUT2D eigenvalue weighted by Gasteiger charge is 2.16. The molecule has 1 aromatic carbocycles. The van der Waals surface area contributed by atoms with E-state index in [1.165, 1.54) is 24.8 Å². The molecule has 26 heavy (non-hydrogen) atoms. The van der Waals surface area contributed by atoms with Crippen LogP contribution in [0.3, 0.4) is 0 Å². The van der Waals surface area contributed by atoms with Crippen LogP contribution < -0.4 is 21.7 Å². The van der Waals surface area contributed by atoms with Crippen LogP contribution in [0.4, 0.5) is 26.6 Å². The van der Waals surface area contributed by atoms with Crippen molar-refractivity contribution in [1.29, 1.82) is 0 Å². The maximum Gasteiger partial charge on any atom is 0.319 e. The third kappa shape index (κ3) is 5.05. The number of amides is 2. The number of hydrogen-bond acceptors (Lipinski definition) is 5.